The zero-order valence-electron chi connectivity index (χ0n) is 14.9. The lowest BCUT2D eigenvalue weighted by molar-refractivity contribution is 0.0774. The monoisotopic (exact) mass is 339 g/mol. The molecule has 1 aliphatic heterocycles. The summed E-state index contributed by atoms with van der Waals surface area (Å²) in [6.07, 6.45) is 4.07. The minimum absolute atomic E-state index is 0.0108. The van der Waals surface area contributed by atoms with E-state index >= 15 is 0 Å². The zero-order chi connectivity index (χ0) is 17.6. The van der Waals surface area contributed by atoms with Gasteiger partial charge >= 0.3 is 0 Å². The van der Waals surface area contributed by atoms with Crippen LogP contribution in [0.5, 0.6) is 5.75 Å². The summed E-state index contributed by atoms with van der Waals surface area (Å²) in [7, 11) is 1.81. The fraction of sp³-hybridized carbons (Fsp3) is 0.400. The van der Waals surface area contributed by atoms with Crippen molar-refractivity contribution >= 4 is 11.7 Å². The molecule has 0 saturated carbocycles. The Morgan fingerprint density at radius 3 is 2.72 bits per heavy atom. The van der Waals surface area contributed by atoms with Gasteiger partial charge in [0.2, 0.25) is 0 Å². The molecule has 1 aromatic heterocycles. The summed E-state index contributed by atoms with van der Waals surface area (Å²) < 4.78 is 5.80. The first-order chi connectivity index (χ1) is 12.2. The molecule has 0 aliphatic carbocycles. The second-order valence-corrected chi connectivity index (χ2v) is 6.41. The van der Waals surface area contributed by atoms with Gasteiger partial charge in [0.1, 0.15) is 18.2 Å². The maximum atomic E-state index is 12.8. The first-order valence-electron chi connectivity index (χ1n) is 8.80. The van der Waals surface area contributed by atoms with Crippen LogP contribution in [0.4, 0.5) is 5.82 Å². The third-order valence-corrected chi connectivity index (χ3v) is 4.55. The quantitative estimate of drug-likeness (QED) is 0.811. The molecule has 25 heavy (non-hydrogen) atoms. The highest BCUT2D eigenvalue weighted by molar-refractivity contribution is 5.98. The number of para-hydroxylation sites is 1. The smallest absolute Gasteiger partial charge is 0.257 e. The summed E-state index contributed by atoms with van der Waals surface area (Å²) in [5.41, 5.74) is 1.77. The van der Waals surface area contributed by atoms with Crippen LogP contribution in [0.2, 0.25) is 0 Å². The van der Waals surface area contributed by atoms with Crippen LogP contribution in [0.3, 0.4) is 0 Å². The number of nitrogens with zero attached hydrogens (tertiary/aromatic N) is 3. The van der Waals surface area contributed by atoms with Crippen molar-refractivity contribution in [3.63, 3.8) is 0 Å². The van der Waals surface area contributed by atoms with E-state index in [1.165, 1.54) is 0 Å². The minimum Gasteiger partial charge on any atom is -0.491 e. The maximum absolute atomic E-state index is 12.8. The topological polar surface area (TPSA) is 45.7 Å². The van der Waals surface area contributed by atoms with Gasteiger partial charge in [-0.2, -0.15) is 0 Å². The number of amides is 1. The average Bonchev–Trinajstić information content (AvgIpc) is 3.17. The molecular weight excluding hydrogens is 314 g/mol. The number of carbonyl (C=O) groups is 1. The van der Waals surface area contributed by atoms with Crippen LogP contribution in [0.15, 0.2) is 42.6 Å². The molecule has 1 saturated heterocycles. The Labute approximate surface area is 149 Å². The third-order valence-electron chi connectivity index (χ3n) is 4.55. The van der Waals surface area contributed by atoms with Crippen molar-refractivity contribution in [1.29, 1.82) is 0 Å². The number of benzene rings is 1. The molecule has 2 aromatic rings. The third kappa shape index (κ3) is 4.10. The van der Waals surface area contributed by atoms with Crippen LogP contribution in [0.1, 0.15) is 28.8 Å². The van der Waals surface area contributed by atoms with E-state index in [9.17, 15) is 4.79 Å². The molecule has 3 rings (SSSR count). The largest absolute Gasteiger partial charge is 0.491 e. The normalized spacial score (nSPS) is 13.8. The number of carbonyl (C=O) groups excluding carboxylic acids is 1. The van der Waals surface area contributed by atoms with E-state index in [4.69, 9.17) is 4.74 Å². The van der Waals surface area contributed by atoms with Crippen LogP contribution in [-0.4, -0.2) is 49.1 Å². The van der Waals surface area contributed by atoms with Gasteiger partial charge in [-0.25, -0.2) is 4.98 Å². The standard InChI is InChI=1S/C20H25N3O2/c1-16-8-3-4-10-18(16)25-15-14-22(2)20(24)17-9-7-11-21-19(17)23-12-5-6-13-23/h3-4,7-11H,5-6,12-15H2,1-2H3. The molecule has 0 N–H and O–H groups in total. The van der Waals surface area contributed by atoms with E-state index in [0.29, 0.717) is 18.7 Å². The second kappa shape index (κ2) is 8.01. The lowest BCUT2D eigenvalue weighted by atomic mass is 10.2. The van der Waals surface area contributed by atoms with Gasteiger partial charge in [0.05, 0.1) is 12.1 Å². The Morgan fingerprint density at radius 1 is 1.20 bits per heavy atom. The first-order valence-corrected chi connectivity index (χ1v) is 8.80. The fourth-order valence-corrected chi connectivity index (χ4v) is 3.06. The SMILES string of the molecule is Cc1ccccc1OCCN(C)C(=O)c1cccnc1N1CCCC1. The molecule has 1 aliphatic rings. The highest BCUT2D eigenvalue weighted by Crippen LogP contribution is 2.23. The van der Waals surface area contributed by atoms with Crippen LogP contribution in [0.25, 0.3) is 0 Å². The maximum Gasteiger partial charge on any atom is 0.257 e. The van der Waals surface area contributed by atoms with Crippen LogP contribution < -0.4 is 9.64 Å². The Balaban J connectivity index is 1.62. The van der Waals surface area contributed by atoms with E-state index < -0.39 is 0 Å². The molecule has 0 bridgehead atoms. The molecule has 0 radical (unpaired) electrons. The molecule has 1 amide bonds. The second-order valence-electron chi connectivity index (χ2n) is 6.41. The number of aromatic nitrogens is 1. The number of likely N-dealkylation sites (N-methyl/N-ethyl adjacent to an activating group) is 1. The van der Waals surface area contributed by atoms with Crippen LogP contribution in [0, 0.1) is 6.92 Å². The molecule has 0 unspecified atom stereocenters. The van der Waals surface area contributed by atoms with Gasteiger partial charge in [-0.15, -0.1) is 0 Å². The Morgan fingerprint density at radius 2 is 1.96 bits per heavy atom. The van der Waals surface area contributed by atoms with Gasteiger partial charge in [0.15, 0.2) is 0 Å². The van der Waals surface area contributed by atoms with Gasteiger partial charge in [-0.05, 0) is 43.5 Å². The molecule has 132 valence electrons. The van der Waals surface area contributed by atoms with Gasteiger partial charge in [-0.1, -0.05) is 18.2 Å². The zero-order valence-corrected chi connectivity index (χ0v) is 14.9. The van der Waals surface area contributed by atoms with Crippen molar-refractivity contribution in [3.05, 3.63) is 53.7 Å². The molecule has 1 fully saturated rings. The molecule has 0 atom stereocenters. The summed E-state index contributed by atoms with van der Waals surface area (Å²) in [6, 6.07) is 11.6. The first kappa shape index (κ1) is 17.3. The summed E-state index contributed by atoms with van der Waals surface area (Å²) in [4.78, 5) is 21.2. The van der Waals surface area contributed by atoms with Gasteiger partial charge < -0.3 is 14.5 Å². The molecule has 1 aromatic carbocycles. The Hall–Kier alpha value is -2.56. The molecule has 0 spiro atoms. The lowest BCUT2D eigenvalue weighted by Gasteiger charge is -2.23. The number of pyridine rings is 1. The summed E-state index contributed by atoms with van der Waals surface area (Å²) in [6.45, 7) is 4.95. The minimum atomic E-state index is -0.0108. The fourth-order valence-electron chi connectivity index (χ4n) is 3.06. The Kier molecular flexibility index (Phi) is 5.53. The average molecular weight is 339 g/mol. The van der Waals surface area contributed by atoms with Gasteiger partial charge in [0.25, 0.3) is 5.91 Å². The van der Waals surface area contributed by atoms with E-state index in [-0.39, 0.29) is 5.91 Å². The van der Waals surface area contributed by atoms with E-state index in [2.05, 4.69) is 9.88 Å². The van der Waals surface area contributed by atoms with Crippen molar-refractivity contribution in [3.8, 4) is 5.75 Å². The summed E-state index contributed by atoms with van der Waals surface area (Å²) in [5, 5.41) is 0. The van der Waals surface area contributed by atoms with E-state index in [1.807, 2.05) is 50.4 Å². The Bertz CT molecular complexity index is 726. The molecule has 5 heteroatoms. The van der Waals surface area contributed by atoms with Gasteiger partial charge in [-0.3, -0.25) is 4.79 Å². The highest BCUT2D eigenvalue weighted by Gasteiger charge is 2.22. The number of hydrogen-bond donors (Lipinski definition) is 0. The predicted molar refractivity (Wildman–Crippen MR) is 99.3 cm³/mol. The van der Waals surface area contributed by atoms with Crippen molar-refractivity contribution in [2.24, 2.45) is 0 Å². The number of hydrogen-bond acceptors (Lipinski definition) is 4. The highest BCUT2D eigenvalue weighted by atomic mass is 16.5. The number of aryl methyl sites for hydroxylation is 1. The molecule has 2 heterocycles. The van der Waals surface area contributed by atoms with Crippen LogP contribution >= 0.6 is 0 Å². The van der Waals surface area contributed by atoms with Crippen molar-refractivity contribution in [2.75, 3.05) is 38.2 Å². The molecular formula is C20H25N3O2. The van der Waals surface area contributed by atoms with Crippen LogP contribution in [-0.2, 0) is 0 Å². The summed E-state index contributed by atoms with van der Waals surface area (Å²) in [5.74, 6) is 1.66. The number of rotatable bonds is 6. The predicted octanol–water partition coefficient (Wildman–Crippen LogP) is 3.14. The summed E-state index contributed by atoms with van der Waals surface area (Å²) >= 11 is 0. The molecule has 5 nitrogen and oxygen atoms in total. The number of anilines is 1. The van der Waals surface area contributed by atoms with Crippen molar-refractivity contribution < 1.29 is 9.53 Å². The van der Waals surface area contributed by atoms with E-state index in [1.54, 1.807) is 11.1 Å². The van der Waals surface area contributed by atoms with Crippen molar-refractivity contribution in [2.45, 2.75) is 19.8 Å². The van der Waals surface area contributed by atoms with E-state index in [0.717, 1.165) is 43.1 Å². The number of ether oxygens (including phenoxy) is 1. The van der Waals surface area contributed by atoms with Crippen molar-refractivity contribution in [1.82, 2.24) is 9.88 Å². The van der Waals surface area contributed by atoms with Gasteiger partial charge in [0, 0.05) is 26.3 Å². The lowest BCUT2D eigenvalue weighted by Crippen LogP contribution is -2.33.